The third-order valence-corrected chi connectivity index (χ3v) is 8.60. The number of fused-ring (bicyclic) bond motifs is 2. The van der Waals surface area contributed by atoms with Gasteiger partial charge in [-0.05, 0) is 67.1 Å². The third kappa shape index (κ3) is 5.03. The Morgan fingerprint density at radius 1 is 1.00 bits per heavy atom. The maximum absolute atomic E-state index is 14.0. The number of hydrogen-bond donors (Lipinski definition) is 1. The van der Waals surface area contributed by atoms with Gasteiger partial charge in [0.15, 0.2) is 0 Å². The van der Waals surface area contributed by atoms with Crippen LogP contribution in [-0.2, 0) is 6.54 Å². The van der Waals surface area contributed by atoms with Crippen molar-refractivity contribution in [2.24, 2.45) is 0 Å². The molecule has 7 rings (SSSR count). The molecule has 1 aliphatic carbocycles. The van der Waals surface area contributed by atoms with Crippen LogP contribution in [0.25, 0.3) is 16.5 Å². The first-order valence-corrected chi connectivity index (χ1v) is 15.0. The first kappa shape index (κ1) is 27.9. The molecular formula is C34H31ClN6O3. The number of amides is 1. The van der Waals surface area contributed by atoms with E-state index in [2.05, 4.69) is 20.2 Å². The van der Waals surface area contributed by atoms with Crippen LogP contribution in [0.2, 0.25) is 5.02 Å². The number of halogens is 1. The first-order chi connectivity index (χ1) is 21.4. The summed E-state index contributed by atoms with van der Waals surface area (Å²) in [5.74, 6) is 1.71. The van der Waals surface area contributed by atoms with E-state index in [4.69, 9.17) is 16.3 Å². The average Bonchev–Trinajstić information content (AvgIpc) is 3.88. The number of para-hydroxylation sites is 1. The molecule has 1 atom stereocenters. The SMILES string of the molecule is COc1ccc(CN2CN(C3CC3)C(=O)c3c(NC(C)c4cc5cccc(Cl)c5c(=O)n4-c4ccccc4)ncnc32)cc1. The van der Waals surface area contributed by atoms with Gasteiger partial charge in [-0.15, -0.1) is 0 Å². The molecule has 5 aromatic rings. The highest BCUT2D eigenvalue weighted by molar-refractivity contribution is 6.35. The molecule has 1 saturated carbocycles. The van der Waals surface area contributed by atoms with Crippen molar-refractivity contribution < 1.29 is 9.53 Å². The zero-order valence-corrected chi connectivity index (χ0v) is 25.2. The number of nitrogens with one attached hydrogen (secondary N) is 1. The summed E-state index contributed by atoms with van der Waals surface area (Å²) in [5.41, 5.74) is 2.72. The molecule has 2 aliphatic rings. The van der Waals surface area contributed by atoms with E-state index < -0.39 is 6.04 Å². The lowest BCUT2D eigenvalue weighted by atomic mass is 10.1. The van der Waals surface area contributed by atoms with Crippen LogP contribution in [0.1, 0.15) is 47.4 Å². The van der Waals surface area contributed by atoms with Gasteiger partial charge >= 0.3 is 0 Å². The summed E-state index contributed by atoms with van der Waals surface area (Å²) in [4.78, 5) is 41.1. The summed E-state index contributed by atoms with van der Waals surface area (Å²) >= 11 is 6.51. The summed E-state index contributed by atoms with van der Waals surface area (Å²) in [6, 6.07) is 24.6. The molecule has 0 bridgehead atoms. The number of rotatable bonds is 8. The second-order valence-corrected chi connectivity index (χ2v) is 11.6. The van der Waals surface area contributed by atoms with Gasteiger partial charge in [-0.1, -0.05) is 54.1 Å². The standard InChI is InChI=1S/C34H31ClN6O3/c1-21(28-17-23-7-6-10-27(35)29(23)34(43)41(28)25-8-4-3-5-9-25)38-31-30-32(37-19-36-31)39(20-40(33(30)42)24-13-14-24)18-22-11-15-26(44-2)16-12-22/h3-12,15-17,19,21,24H,13-14,18,20H2,1-2H3,(H,36,37,38). The van der Waals surface area contributed by atoms with E-state index in [-0.39, 0.29) is 17.5 Å². The van der Waals surface area contributed by atoms with E-state index in [9.17, 15) is 9.59 Å². The zero-order valence-electron chi connectivity index (χ0n) is 24.4. The van der Waals surface area contributed by atoms with Crippen molar-refractivity contribution in [2.75, 3.05) is 24.0 Å². The number of hydrogen-bond acceptors (Lipinski definition) is 7. The highest BCUT2D eigenvalue weighted by atomic mass is 35.5. The predicted octanol–water partition coefficient (Wildman–Crippen LogP) is 6.20. The fourth-order valence-corrected chi connectivity index (χ4v) is 6.17. The fraction of sp³-hybridized carbons (Fsp3) is 0.235. The topological polar surface area (TPSA) is 92.6 Å². The Morgan fingerprint density at radius 2 is 1.77 bits per heavy atom. The summed E-state index contributed by atoms with van der Waals surface area (Å²) in [6.07, 6.45) is 3.44. The number of anilines is 2. The van der Waals surface area contributed by atoms with Gasteiger partial charge < -0.3 is 19.9 Å². The number of benzene rings is 3. The van der Waals surface area contributed by atoms with Crippen LogP contribution >= 0.6 is 11.6 Å². The molecule has 222 valence electrons. The van der Waals surface area contributed by atoms with Crippen LogP contribution in [0.15, 0.2) is 90.0 Å². The molecule has 3 aromatic carbocycles. The van der Waals surface area contributed by atoms with Crippen LogP contribution in [0, 0.1) is 0 Å². The van der Waals surface area contributed by atoms with Gasteiger partial charge in [0.05, 0.1) is 30.2 Å². The van der Waals surface area contributed by atoms with Crippen LogP contribution in [0.4, 0.5) is 11.6 Å². The van der Waals surface area contributed by atoms with Gasteiger partial charge in [0.25, 0.3) is 11.5 Å². The minimum Gasteiger partial charge on any atom is -0.497 e. The molecule has 1 unspecified atom stereocenters. The Hall–Kier alpha value is -4.89. The minimum atomic E-state index is -0.413. The van der Waals surface area contributed by atoms with Crippen molar-refractivity contribution in [1.82, 2.24) is 19.4 Å². The van der Waals surface area contributed by atoms with Crippen molar-refractivity contribution in [3.05, 3.63) is 117 Å². The molecule has 0 radical (unpaired) electrons. The summed E-state index contributed by atoms with van der Waals surface area (Å²) in [6.45, 7) is 2.98. The van der Waals surface area contributed by atoms with Crippen molar-refractivity contribution in [2.45, 2.75) is 38.4 Å². The van der Waals surface area contributed by atoms with Crippen molar-refractivity contribution in [3.63, 3.8) is 0 Å². The van der Waals surface area contributed by atoms with Crippen molar-refractivity contribution in [3.8, 4) is 11.4 Å². The smallest absolute Gasteiger partial charge is 0.264 e. The van der Waals surface area contributed by atoms with Gasteiger partial charge in [0.2, 0.25) is 0 Å². The molecule has 1 fully saturated rings. The second-order valence-electron chi connectivity index (χ2n) is 11.2. The number of pyridine rings is 1. The Morgan fingerprint density at radius 3 is 2.50 bits per heavy atom. The van der Waals surface area contributed by atoms with Gasteiger partial charge in [-0.2, -0.15) is 0 Å². The van der Waals surface area contributed by atoms with Crippen LogP contribution in [-0.4, -0.2) is 45.2 Å². The van der Waals surface area contributed by atoms with Crippen LogP contribution < -0.4 is 20.5 Å². The van der Waals surface area contributed by atoms with Gasteiger partial charge in [0.1, 0.15) is 29.3 Å². The number of aromatic nitrogens is 3. The lowest BCUT2D eigenvalue weighted by molar-refractivity contribution is 0.0726. The summed E-state index contributed by atoms with van der Waals surface area (Å²) < 4.78 is 7.00. The number of ether oxygens (including phenoxy) is 1. The largest absolute Gasteiger partial charge is 0.497 e. The summed E-state index contributed by atoms with van der Waals surface area (Å²) in [5, 5.41) is 5.07. The second kappa shape index (κ2) is 11.3. The third-order valence-electron chi connectivity index (χ3n) is 8.28. The molecule has 3 heterocycles. The lowest BCUT2D eigenvalue weighted by Gasteiger charge is -2.38. The fourth-order valence-electron chi connectivity index (χ4n) is 5.91. The Labute approximate surface area is 259 Å². The van der Waals surface area contributed by atoms with Crippen LogP contribution in [0.5, 0.6) is 5.75 Å². The van der Waals surface area contributed by atoms with Gasteiger partial charge in [-0.3, -0.25) is 14.2 Å². The van der Waals surface area contributed by atoms with Crippen LogP contribution in [0.3, 0.4) is 0 Å². The van der Waals surface area contributed by atoms with E-state index in [0.717, 1.165) is 29.5 Å². The highest BCUT2D eigenvalue weighted by Gasteiger charge is 2.41. The van der Waals surface area contributed by atoms with E-state index >= 15 is 0 Å². The maximum Gasteiger partial charge on any atom is 0.264 e. The van der Waals surface area contributed by atoms with Crippen molar-refractivity contribution >= 4 is 39.9 Å². The molecule has 1 N–H and O–H groups in total. The number of carbonyl (C=O) groups is 1. The molecule has 9 nitrogen and oxygen atoms in total. The first-order valence-electron chi connectivity index (χ1n) is 14.6. The Kier molecular flexibility index (Phi) is 7.18. The monoisotopic (exact) mass is 606 g/mol. The Bertz CT molecular complexity index is 1920. The molecule has 2 aromatic heterocycles. The van der Waals surface area contributed by atoms with E-state index in [1.807, 2.05) is 84.6 Å². The molecule has 10 heteroatoms. The molecule has 0 saturated heterocycles. The number of nitrogens with zero attached hydrogens (tertiary/aromatic N) is 5. The molecule has 1 amide bonds. The number of carbonyl (C=O) groups excluding carboxylic acids is 1. The van der Waals surface area contributed by atoms with E-state index in [1.165, 1.54) is 6.33 Å². The summed E-state index contributed by atoms with van der Waals surface area (Å²) in [7, 11) is 1.65. The van der Waals surface area contributed by atoms with Gasteiger partial charge in [0, 0.05) is 24.0 Å². The zero-order chi connectivity index (χ0) is 30.4. The highest BCUT2D eigenvalue weighted by Crippen LogP contribution is 2.38. The van der Waals surface area contributed by atoms with E-state index in [1.54, 1.807) is 17.7 Å². The minimum absolute atomic E-state index is 0.0884. The molecule has 44 heavy (non-hydrogen) atoms. The molecular weight excluding hydrogens is 576 g/mol. The Balaban J connectivity index is 1.30. The normalized spacial score (nSPS) is 15.3. The number of methoxy groups -OCH3 is 1. The van der Waals surface area contributed by atoms with Gasteiger partial charge in [-0.25, -0.2) is 9.97 Å². The molecule has 1 aliphatic heterocycles. The quantitative estimate of drug-likeness (QED) is 0.225. The lowest BCUT2D eigenvalue weighted by Crippen LogP contribution is -2.48. The van der Waals surface area contributed by atoms with Crippen molar-refractivity contribution in [1.29, 1.82) is 0 Å². The predicted molar refractivity (Wildman–Crippen MR) is 172 cm³/mol. The average molecular weight is 607 g/mol. The van der Waals surface area contributed by atoms with E-state index in [0.29, 0.717) is 52.2 Å². The molecule has 0 spiro atoms. The maximum atomic E-state index is 14.0.